The lowest BCUT2D eigenvalue weighted by atomic mass is 10.4. The normalized spacial score (nSPS) is 12.5. The summed E-state index contributed by atoms with van der Waals surface area (Å²) in [5, 5.41) is 5.34. The van der Waals surface area contributed by atoms with Gasteiger partial charge in [-0.05, 0) is 13.2 Å². The fourth-order valence-electron chi connectivity index (χ4n) is 0.958. The van der Waals surface area contributed by atoms with Crippen LogP contribution in [0.15, 0.2) is 5.38 Å². The molecule has 0 radical (unpaired) electrons. The van der Waals surface area contributed by atoms with Crippen LogP contribution in [0, 0.1) is 0 Å². The predicted octanol–water partition coefficient (Wildman–Crippen LogP) is 1.26. The first-order chi connectivity index (χ1) is 7.15. The van der Waals surface area contributed by atoms with E-state index in [1.807, 2.05) is 13.2 Å². The predicted molar refractivity (Wildman–Crippen MR) is 65.4 cm³/mol. The Balaban J connectivity index is 2.51. The quantitative estimate of drug-likeness (QED) is 0.766. The first kappa shape index (κ1) is 12.5. The van der Waals surface area contributed by atoms with Gasteiger partial charge in [-0.25, -0.2) is 4.98 Å². The van der Waals surface area contributed by atoms with E-state index >= 15 is 0 Å². The van der Waals surface area contributed by atoms with Gasteiger partial charge in [-0.2, -0.15) is 11.8 Å². The van der Waals surface area contributed by atoms with Crippen LogP contribution in [-0.4, -0.2) is 29.4 Å². The number of amides is 1. The number of nitrogens with zero attached hydrogens (tertiary/aromatic N) is 1. The molecule has 1 atom stereocenters. The van der Waals surface area contributed by atoms with Crippen LogP contribution in [0.1, 0.15) is 28.5 Å². The Kier molecular flexibility index (Phi) is 5.07. The Bertz CT molecular complexity index is 325. The number of nitrogens with two attached hydrogens (primary N) is 1. The maximum Gasteiger partial charge on any atom is 0.270 e. The Morgan fingerprint density at radius 1 is 1.80 bits per heavy atom. The molecule has 1 heterocycles. The number of nitrogens with one attached hydrogen (secondary N) is 1. The maximum atomic E-state index is 11.5. The Morgan fingerprint density at radius 2 is 2.53 bits per heavy atom. The monoisotopic (exact) mass is 245 g/mol. The summed E-state index contributed by atoms with van der Waals surface area (Å²) in [6.07, 6.45) is 2.00. The number of rotatable bonds is 5. The van der Waals surface area contributed by atoms with E-state index in [1.165, 1.54) is 11.3 Å². The number of hydrogen-bond acceptors (Lipinski definition) is 5. The summed E-state index contributed by atoms with van der Waals surface area (Å²) in [7, 11) is 0. The summed E-state index contributed by atoms with van der Waals surface area (Å²) in [4.78, 5) is 15.7. The second-order valence-corrected chi connectivity index (χ2v) is 4.98. The lowest BCUT2D eigenvalue weighted by Gasteiger charge is -2.01. The summed E-state index contributed by atoms with van der Waals surface area (Å²) in [5.41, 5.74) is 6.13. The van der Waals surface area contributed by atoms with Gasteiger partial charge in [-0.3, -0.25) is 4.79 Å². The van der Waals surface area contributed by atoms with Crippen molar-refractivity contribution in [2.24, 2.45) is 5.73 Å². The number of carbonyl (C=O) groups excluding carboxylic acids is 1. The van der Waals surface area contributed by atoms with E-state index in [-0.39, 0.29) is 11.9 Å². The van der Waals surface area contributed by atoms with Gasteiger partial charge in [-0.1, -0.05) is 0 Å². The van der Waals surface area contributed by atoms with Crippen LogP contribution in [0.2, 0.25) is 0 Å². The van der Waals surface area contributed by atoms with E-state index in [0.717, 1.165) is 10.8 Å². The molecule has 6 heteroatoms. The minimum atomic E-state index is -0.118. The van der Waals surface area contributed by atoms with Crippen molar-refractivity contribution >= 4 is 29.0 Å². The molecule has 1 unspecified atom stereocenters. The lowest BCUT2D eigenvalue weighted by Crippen LogP contribution is -2.26. The highest BCUT2D eigenvalue weighted by Gasteiger charge is 2.11. The molecule has 4 nitrogen and oxygen atoms in total. The Morgan fingerprint density at radius 3 is 3.07 bits per heavy atom. The van der Waals surface area contributed by atoms with Crippen LogP contribution in [0.5, 0.6) is 0 Å². The number of aromatic nitrogens is 1. The van der Waals surface area contributed by atoms with Gasteiger partial charge in [0.05, 0.1) is 6.04 Å². The van der Waals surface area contributed by atoms with E-state index in [2.05, 4.69) is 10.3 Å². The summed E-state index contributed by atoms with van der Waals surface area (Å²) in [6.45, 7) is 2.53. The van der Waals surface area contributed by atoms with Crippen molar-refractivity contribution in [2.45, 2.75) is 13.0 Å². The van der Waals surface area contributed by atoms with Crippen LogP contribution in [-0.2, 0) is 0 Å². The smallest absolute Gasteiger partial charge is 0.270 e. The van der Waals surface area contributed by atoms with Gasteiger partial charge in [-0.15, -0.1) is 11.3 Å². The molecule has 0 bridgehead atoms. The van der Waals surface area contributed by atoms with E-state index in [1.54, 1.807) is 17.1 Å². The standard InChI is InChI=1S/C9H15N3OS2/c1-6(10)9-12-7(5-15-9)8(13)11-3-4-14-2/h5-6H,3-4,10H2,1-2H3,(H,11,13). The zero-order valence-electron chi connectivity index (χ0n) is 8.82. The maximum absolute atomic E-state index is 11.5. The number of hydrogen-bond donors (Lipinski definition) is 2. The highest BCUT2D eigenvalue weighted by atomic mass is 32.2. The van der Waals surface area contributed by atoms with E-state index in [0.29, 0.717) is 12.2 Å². The number of thiazole rings is 1. The molecule has 0 aliphatic carbocycles. The fourth-order valence-corrected chi connectivity index (χ4v) is 2.02. The topological polar surface area (TPSA) is 68.0 Å². The fraction of sp³-hybridized carbons (Fsp3) is 0.556. The van der Waals surface area contributed by atoms with Crippen molar-refractivity contribution < 1.29 is 4.79 Å². The second-order valence-electron chi connectivity index (χ2n) is 3.11. The van der Waals surface area contributed by atoms with Crippen molar-refractivity contribution in [3.63, 3.8) is 0 Å². The summed E-state index contributed by atoms with van der Waals surface area (Å²) in [5.74, 6) is 0.794. The summed E-state index contributed by atoms with van der Waals surface area (Å²) in [6, 6.07) is -0.109. The zero-order valence-corrected chi connectivity index (χ0v) is 10.5. The minimum Gasteiger partial charge on any atom is -0.350 e. The van der Waals surface area contributed by atoms with Crippen LogP contribution in [0.25, 0.3) is 0 Å². The number of thioether (sulfide) groups is 1. The molecule has 0 saturated heterocycles. The highest BCUT2D eigenvalue weighted by molar-refractivity contribution is 7.98. The molecule has 0 fully saturated rings. The second kappa shape index (κ2) is 6.09. The van der Waals surface area contributed by atoms with Gasteiger partial charge < -0.3 is 11.1 Å². The van der Waals surface area contributed by atoms with Gasteiger partial charge in [0.15, 0.2) is 0 Å². The Labute approximate surface area is 97.7 Å². The van der Waals surface area contributed by atoms with Crippen LogP contribution < -0.4 is 11.1 Å². The molecule has 3 N–H and O–H groups in total. The van der Waals surface area contributed by atoms with Crippen molar-refractivity contribution in [1.29, 1.82) is 0 Å². The third-order valence-electron chi connectivity index (χ3n) is 1.74. The van der Waals surface area contributed by atoms with Crippen molar-refractivity contribution in [2.75, 3.05) is 18.6 Å². The number of carbonyl (C=O) groups is 1. The molecule has 1 rings (SSSR count). The first-order valence-corrected chi connectivity index (χ1v) is 6.90. The minimum absolute atomic E-state index is 0.109. The van der Waals surface area contributed by atoms with Crippen LogP contribution >= 0.6 is 23.1 Å². The molecular formula is C9H15N3OS2. The van der Waals surface area contributed by atoms with Crippen molar-refractivity contribution in [3.8, 4) is 0 Å². The molecule has 0 aliphatic rings. The van der Waals surface area contributed by atoms with E-state index in [9.17, 15) is 4.79 Å². The van der Waals surface area contributed by atoms with E-state index in [4.69, 9.17) is 5.73 Å². The molecule has 15 heavy (non-hydrogen) atoms. The Hall–Kier alpha value is -0.590. The van der Waals surface area contributed by atoms with Crippen molar-refractivity contribution in [3.05, 3.63) is 16.1 Å². The lowest BCUT2D eigenvalue weighted by molar-refractivity contribution is 0.0951. The van der Waals surface area contributed by atoms with Gasteiger partial charge in [0.1, 0.15) is 10.7 Å². The molecular weight excluding hydrogens is 230 g/mol. The van der Waals surface area contributed by atoms with Crippen molar-refractivity contribution in [1.82, 2.24) is 10.3 Å². The van der Waals surface area contributed by atoms with Crippen LogP contribution in [0.4, 0.5) is 0 Å². The third-order valence-corrected chi connectivity index (χ3v) is 3.39. The summed E-state index contributed by atoms with van der Waals surface area (Å²) >= 11 is 3.12. The average Bonchev–Trinajstić information content (AvgIpc) is 2.66. The highest BCUT2D eigenvalue weighted by Crippen LogP contribution is 2.15. The van der Waals surface area contributed by atoms with E-state index < -0.39 is 0 Å². The largest absolute Gasteiger partial charge is 0.350 e. The molecule has 1 aromatic rings. The summed E-state index contributed by atoms with van der Waals surface area (Å²) < 4.78 is 0. The molecule has 1 amide bonds. The van der Waals surface area contributed by atoms with Gasteiger partial charge in [0, 0.05) is 17.7 Å². The molecule has 0 spiro atoms. The molecule has 84 valence electrons. The SMILES string of the molecule is CSCCNC(=O)c1csc(C(C)N)n1. The van der Waals surface area contributed by atoms with Crippen LogP contribution in [0.3, 0.4) is 0 Å². The molecule has 0 aliphatic heterocycles. The third kappa shape index (κ3) is 3.81. The average molecular weight is 245 g/mol. The van der Waals surface area contributed by atoms with Gasteiger partial charge >= 0.3 is 0 Å². The van der Waals surface area contributed by atoms with Gasteiger partial charge in [0.2, 0.25) is 0 Å². The zero-order chi connectivity index (χ0) is 11.3. The molecule has 0 aromatic carbocycles. The van der Waals surface area contributed by atoms with Gasteiger partial charge in [0.25, 0.3) is 5.91 Å². The first-order valence-electron chi connectivity index (χ1n) is 4.63. The molecule has 1 aromatic heterocycles. The molecule has 0 saturated carbocycles.